The summed E-state index contributed by atoms with van der Waals surface area (Å²) in [6, 6.07) is 12.7. The number of tetrazole rings is 1. The van der Waals surface area contributed by atoms with Gasteiger partial charge >= 0.3 is 10.1 Å². The highest BCUT2D eigenvalue weighted by Gasteiger charge is 2.19. The van der Waals surface area contributed by atoms with Crippen LogP contribution in [0.15, 0.2) is 52.3 Å². The van der Waals surface area contributed by atoms with Crippen molar-refractivity contribution in [2.24, 2.45) is 0 Å². The molecule has 4 rings (SSSR count). The van der Waals surface area contributed by atoms with Crippen LogP contribution in [-0.2, 0) is 10.1 Å². The SMILES string of the molecule is O=S1(=O)C=Cc2cc(-c3nnnn3-c3cccc(Br)c3)ccc2O1. The average Bonchev–Trinajstić information content (AvgIpc) is 3.03. The third-order valence-corrected chi connectivity index (χ3v) is 4.78. The summed E-state index contributed by atoms with van der Waals surface area (Å²) in [6.07, 6.45) is 1.49. The van der Waals surface area contributed by atoms with Crippen LogP contribution in [0.5, 0.6) is 5.75 Å². The highest BCUT2D eigenvalue weighted by Crippen LogP contribution is 2.31. The smallest absolute Gasteiger partial charge is 0.332 e. The number of nitrogens with zero attached hydrogens (tertiary/aromatic N) is 4. The van der Waals surface area contributed by atoms with E-state index in [0.29, 0.717) is 11.4 Å². The summed E-state index contributed by atoms with van der Waals surface area (Å²) in [5.74, 6) is 0.820. The minimum absolute atomic E-state index is 0.280. The van der Waals surface area contributed by atoms with Crippen molar-refractivity contribution in [3.05, 3.63) is 57.9 Å². The van der Waals surface area contributed by atoms with Crippen LogP contribution in [0.25, 0.3) is 23.2 Å². The summed E-state index contributed by atoms with van der Waals surface area (Å²) in [6.45, 7) is 0. The van der Waals surface area contributed by atoms with E-state index < -0.39 is 10.1 Å². The lowest BCUT2D eigenvalue weighted by Crippen LogP contribution is -2.09. The molecule has 0 spiro atoms. The molecule has 2 aromatic carbocycles. The van der Waals surface area contributed by atoms with Crippen molar-refractivity contribution < 1.29 is 12.6 Å². The Morgan fingerprint density at radius 3 is 2.83 bits per heavy atom. The highest BCUT2D eigenvalue weighted by atomic mass is 79.9. The molecule has 0 radical (unpaired) electrons. The van der Waals surface area contributed by atoms with Crippen LogP contribution < -0.4 is 4.18 Å². The van der Waals surface area contributed by atoms with Gasteiger partial charge in [-0.3, -0.25) is 0 Å². The van der Waals surface area contributed by atoms with Crippen molar-refractivity contribution in [1.29, 1.82) is 0 Å². The van der Waals surface area contributed by atoms with Gasteiger partial charge in [0.1, 0.15) is 5.75 Å². The Labute approximate surface area is 145 Å². The Bertz CT molecular complexity index is 1080. The second-order valence-corrected chi connectivity index (χ2v) is 7.37. The molecule has 1 aliphatic rings. The van der Waals surface area contributed by atoms with E-state index in [0.717, 1.165) is 21.1 Å². The lowest BCUT2D eigenvalue weighted by Gasteiger charge is -2.13. The molecule has 0 saturated heterocycles. The van der Waals surface area contributed by atoms with E-state index in [9.17, 15) is 8.42 Å². The Balaban J connectivity index is 1.81. The Morgan fingerprint density at radius 2 is 2.00 bits per heavy atom. The van der Waals surface area contributed by atoms with Crippen molar-refractivity contribution >= 4 is 32.1 Å². The molecular weight excluding hydrogens is 396 g/mol. The van der Waals surface area contributed by atoms with Gasteiger partial charge in [0.15, 0.2) is 5.82 Å². The molecule has 1 aromatic heterocycles. The zero-order valence-electron chi connectivity index (χ0n) is 12.0. The first-order valence-electron chi connectivity index (χ1n) is 6.83. The fraction of sp³-hybridized carbons (Fsp3) is 0. The lowest BCUT2D eigenvalue weighted by atomic mass is 10.1. The Hall–Kier alpha value is -2.52. The van der Waals surface area contributed by atoms with Gasteiger partial charge in [-0.25, -0.2) is 0 Å². The third kappa shape index (κ3) is 2.72. The number of rotatable bonds is 2. The van der Waals surface area contributed by atoms with Gasteiger partial charge in [-0.05, 0) is 52.9 Å². The van der Waals surface area contributed by atoms with Crippen LogP contribution in [0, 0.1) is 0 Å². The van der Waals surface area contributed by atoms with E-state index in [4.69, 9.17) is 4.18 Å². The molecule has 0 fully saturated rings. The summed E-state index contributed by atoms with van der Waals surface area (Å²) >= 11 is 3.42. The minimum Gasteiger partial charge on any atom is -0.379 e. The molecule has 0 unspecified atom stereocenters. The first-order valence-corrected chi connectivity index (χ1v) is 9.10. The zero-order valence-corrected chi connectivity index (χ0v) is 14.4. The van der Waals surface area contributed by atoms with Crippen LogP contribution in [-0.4, -0.2) is 28.6 Å². The van der Waals surface area contributed by atoms with Gasteiger partial charge in [0.25, 0.3) is 0 Å². The Kier molecular flexibility index (Phi) is 3.47. The van der Waals surface area contributed by atoms with Gasteiger partial charge in [-0.1, -0.05) is 22.0 Å². The maximum Gasteiger partial charge on any atom is 0.332 e. The van der Waals surface area contributed by atoms with E-state index in [-0.39, 0.29) is 5.75 Å². The van der Waals surface area contributed by atoms with E-state index >= 15 is 0 Å². The number of fused-ring (bicyclic) bond motifs is 1. The van der Waals surface area contributed by atoms with Gasteiger partial charge in [0.2, 0.25) is 0 Å². The second-order valence-electron chi connectivity index (χ2n) is 5.03. The topological polar surface area (TPSA) is 87.0 Å². The first-order chi connectivity index (χ1) is 11.5. The monoisotopic (exact) mass is 404 g/mol. The Morgan fingerprint density at radius 1 is 1.12 bits per heavy atom. The van der Waals surface area contributed by atoms with Crippen molar-refractivity contribution in [1.82, 2.24) is 20.2 Å². The molecule has 24 heavy (non-hydrogen) atoms. The third-order valence-electron chi connectivity index (χ3n) is 3.41. The molecule has 7 nitrogen and oxygen atoms in total. The quantitative estimate of drug-likeness (QED) is 0.610. The van der Waals surface area contributed by atoms with Gasteiger partial charge in [-0.15, -0.1) is 5.10 Å². The van der Waals surface area contributed by atoms with Gasteiger partial charge in [0, 0.05) is 15.6 Å². The molecule has 0 atom stereocenters. The molecule has 3 aromatic rings. The highest BCUT2D eigenvalue weighted by molar-refractivity contribution is 9.10. The summed E-state index contributed by atoms with van der Waals surface area (Å²) in [5, 5.41) is 12.9. The van der Waals surface area contributed by atoms with Crippen molar-refractivity contribution in [2.75, 3.05) is 0 Å². The number of benzene rings is 2. The second kappa shape index (κ2) is 5.53. The predicted molar refractivity (Wildman–Crippen MR) is 90.9 cm³/mol. The number of hydrogen-bond acceptors (Lipinski definition) is 6. The lowest BCUT2D eigenvalue weighted by molar-refractivity contribution is 0.494. The van der Waals surface area contributed by atoms with E-state index in [2.05, 4.69) is 31.5 Å². The predicted octanol–water partition coefficient (Wildman–Crippen LogP) is 2.78. The fourth-order valence-electron chi connectivity index (χ4n) is 2.35. The normalized spacial score (nSPS) is 14.9. The largest absolute Gasteiger partial charge is 0.379 e. The van der Waals surface area contributed by atoms with Crippen LogP contribution in [0.2, 0.25) is 0 Å². The molecule has 2 heterocycles. The van der Waals surface area contributed by atoms with E-state index in [1.54, 1.807) is 22.9 Å². The molecule has 0 saturated carbocycles. The van der Waals surface area contributed by atoms with Crippen molar-refractivity contribution in [3.8, 4) is 22.8 Å². The number of halogens is 1. The van der Waals surface area contributed by atoms with Crippen molar-refractivity contribution in [3.63, 3.8) is 0 Å². The molecule has 120 valence electrons. The first kappa shape index (κ1) is 15.0. The standard InChI is InChI=1S/C15H9BrN4O3S/c16-12-2-1-3-13(9-12)20-15(17-18-19-20)11-4-5-14-10(8-11)6-7-24(21,22)23-14/h1-9H. The van der Waals surface area contributed by atoms with E-state index in [1.165, 1.54) is 6.08 Å². The van der Waals surface area contributed by atoms with Crippen molar-refractivity contribution in [2.45, 2.75) is 0 Å². The number of aromatic nitrogens is 4. The molecule has 0 aliphatic carbocycles. The van der Waals surface area contributed by atoms with Gasteiger partial charge in [0.05, 0.1) is 11.1 Å². The number of hydrogen-bond donors (Lipinski definition) is 0. The van der Waals surface area contributed by atoms with Crippen LogP contribution >= 0.6 is 15.9 Å². The molecule has 0 amide bonds. The maximum absolute atomic E-state index is 11.4. The van der Waals surface area contributed by atoms with E-state index in [1.807, 2.05) is 24.3 Å². The fourth-order valence-corrected chi connectivity index (χ4v) is 3.51. The zero-order chi connectivity index (χ0) is 16.7. The molecule has 0 N–H and O–H groups in total. The maximum atomic E-state index is 11.4. The molecule has 9 heteroatoms. The average molecular weight is 405 g/mol. The summed E-state index contributed by atoms with van der Waals surface area (Å²) in [4.78, 5) is 0. The minimum atomic E-state index is -3.65. The van der Waals surface area contributed by atoms with Crippen LogP contribution in [0.4, 0.5) is 0 Å². The van der Waals surface area contributed by atoms with Gasteiger partial charge in [-0.2, -0.15) is 13.1 Å². The molecule has 1 aliphatic heterocycles. The van der Waals surface area contributed by atoms with Gasteiger partial charge < -0.3 is 4.18 Å². The summed E-state index contributed by atoms with van der Waals surface area (Å²) < 4.78 is 30.4. The summed E-state index contributed by atoms with van der Waals surface area (Å²) in [5.41, 5.74) is 2.19. The molecular formula is C15H9BrN4O3S. The van der Waals surface area contributed by atoms with Crippen LogP contribution in [0.3, 0.4) is 0 Å². The van der Waals surface area contributed by atoms with Crippen LogP contribution in [0.1, 0.15) is 5.56 Å². The molecule has 0 bridgehead atoms. The summed E-state index contributed by atoms with van der Waals surface area (Å²) in [7, 11) is -3.65.